The van der Waals surface area contributed by atoms with Gasteiger partial charge < -0.3 is 5.73 Å². The van der Waals surface area contributed by atoms with Crippen LogP contribution in [0.3, 0.4) is 0 Å². The number of nitrogens with zero attached hydrogens (tertiary/aromatic N) is 1. The van der Waals surface area contributed by atoms with E-state index in [9.17, 15) is 8.42 Å². The Morgan fingerprint density at radius 3 is 2.68 bits per heavy atom. The van der Waals surface area contributed by atoms with Gasteiger partial charge in [0.25, 0.3) is 0 Å². The molecule has 100 valence electrons. The number of aromatic nitrogens is 1. The SMILES string of the molecule is Cc1ccccc1CNS(=O)(=O)c1cnccc1N. The van der Waals surface area contributed by atoms with Crippen molar-refractivity contribution in [1.29, 1.82) is 0 Å². The minimum atomic E-state index is -3.64. The summed E-state index contributed by atoms with van der Waals surface area (Å²) in [6.07, 6.45) is 2.70. The number of pyridine rings is 1. The van der Waals surface area contributed by atoms with Crippen LogP contribution >= 0.6 is 0 Å². The summed E-state index contributed by atoms with van der Waals surface area (Å²) in [6.45, 7) is 2.16. The Labute approximate surface area is 112 Å². The van der Waals surface area contributed by atoms with Gasteiger partial charge in [-0.05, 0) is 24.1 Å². The van der Waals surface area contributed by atoms with Gasteiger partial charge in [0.1, 0.15) is 4.90 Å². The van der Waals surface area contributed by atoms with E-state index in [4.69, 9.17) is 5.73 Å². The largest absolute Gasteiger partial charge is 0.398 e. The summed E-state index contributed by atoms with van der Waals surface area (Å²) < 4.78 is 26.7. The Morgan fingerprint density at radius 2 is 2.00 bits per heavy atom. The molecule has 0 atom stereocenters. The van der Waals surface area contributed by atoms with Gasteiger partial charge in [0, 0.05) is 18.9 Å². The Balaban J connectivity index is 2.20. The van der Waals surface area contributed by atoms with Crippen molar-refractivity contribution in [2.75, 3.05) is 5.73 Å². The molecule has 2 aromatic rings. The third kappa shape index (κ3) is 3.10. The molecular weight excluding hydrogens is 262 g/mol. The normalized spacial score (nSPS) is 11.4. The molecule has 0 amide bonds. The maximum Gasteiger partial charge on any atom is 0.244 e. The van der Waals surface area contributed by atoms with Crippen molar-refractivity contribution in [3.05, 3.63) is 53.9 Å². The molecule has 0 spiro atoms. The molecular formula is C13H15N3O2S. The van der Waals surface area contributed by atoms with E-state index >= 15 is 0 Å². The summed E-state index contributed by atoms with van der Waals surface area (Å²) >= 11 is 0. The number of sulfonamides is 1. The lowest BCUT2D eigenvalue weighted by atomic mass is 10.1. The number of hydrogen-bond donors (Lipinski definition) is 2. The molecule has 0 aliphatic heterocycles. The van der Waals surface area contributed by atoms with E-state index in [0.717, 1.165) is 11.1 Å². The fourth-order valence-corrected chi connectivity index (χ4v) is 2.75. The predicted molar refractivity (Wildman–Crippen MR) is 73.9 cm³/mol. The highest BCUT2D eigenvalue weighted by Gasteiger charge is 2.17. The highest BCUT2D eigenvalue weighted by molar-refractivity contribution is 7.89. The van der Waals surface area contributed by atoms with Crippen molar-refractivity contribution in [2.24, 2.45) is 0 Å². The van der Waals surface area contributed by atoms with E-state index in [0.29, 0.717) is 0 Å². The molecule has 0 aliphatic carbocycles. The van der Waals surface area contributed by atoms with E-state index in [1.54, 1.807) is 0 Å². The molecule has 0 bridgehead atoms. The number of rotatable bonds is 4. The molecule has 0 aliphatic rings. The first-order valence-electron chi connectivity index (χ1n) is 5.74. The average Bonchev–Trinajstić information content (AvgIpc) is 2.38. The molecule has 0 unspecified atom stereocenters. The van der Waals surface area contributed by atoms with Crippen LogP contribution < -0.4 is 10.5 Å². The smallest absolute Gasteiger partial charge is 0.244 e. The van der Waals surface area contributed by atoms with Crippen LogP contribution in [-0.2, 0) is 16.6 Å². The van der Waals surface area contributed by atoms with Crippen LogP contribution in [0.4, 0.5) is 5.69 Å². The molecule has 5 nitrogen and oxygen atoms in total. The van der Waals surface area contributed by atoms with Gasteiger partial charge >= 0.3 is 0 Å². The quantitative estimate of drug-likeness (QED) is 0.885. The van der Waals surface area contributed by atoms with E-state index < -0.39 is 10.0 Å². The van der Waals surface area contributed by atoms with Gasteiger partial charge in [0.05, 0.1) is 5.69 Å². The zero-order valence-corrected chi connectivity index (χ0v) is 11.3. The van der Waals surface area contributed by atoms with E-state index in [-0.39, 0.29) is 17.1 Å². The molecule has 3 N–H and O–H groups in total. The fourth-order valence-electron chi connectivity index (χ4n) is 1.67. The summed E-state index contributed by atoms with van der Waals surface area (Å²) in [5.74, 6) is 0. The summed E-state index contributed by atoms with van der Waals surface area (Å²) in [5, 5.41) is 0. The predicted octanol–water partition coefficient (Wildman–Crippen LogP) is 1.45. The first kappa shape index (κ1) is 13.5. The minimum absolute atomic E-state index is 0.00332. The Morgan fingerprint density at radius 1 is 1.26 bits per heavy atom. The number of anilines is 1. The molecule has 0 fully saturated rings. The van der Waals surface area contributed by atoms with E-state index in [2.05, 4.69) is 9.71 Å². The van der Waals surface area contributed by atoms with Gasteiger partial charge in [0.2, 0.25) is 10.0 Å². The van der Waals surface area contributed by atoms with Crippen LogP contribution in [-0.4, -0.2) is 13.4 Å². The van der Waals surface area contributed by atoms with Crippen molar-refractivity contribution < 1.29 is 8.42 Å². The topological polar surface area (TPSA) is 85.1 Å². The molecule has 1 aromatic carbocycles. The first-order valence-corrected chi connectivity index (χ1v) is 7.22. The maximum absolute atomic E-state index is 12.1. The number of nitrogens with two attached hydrogens (primary N) is 1. The second kappa shape index (κ2) is 5.38. The van der Waals surface area contributed by atoms with Crippen LogP contribution in [0.25, 0.3) is 0 Å². The van der Waals surface area contributed by atoms with Crippen LogP contribution in [0.15, 0.2) is 47.6 Å². The third-order valence-corrected chi connectivity index (χ3v) is 4.26. The Hall–Kier alpha value is -1.92. The fraction of sp³-hybridized carbons (Fsp3) is 0.154. The average molecular weight is 277 g/mol. The molecule has 6 heteroatoms. The molecule has 0 saturated heterocycles. The number of aryl methyl sites for hydroxylation is 1. The monoisotopic (exact) mass is 277 g/mol. The van der Waals surface area contributed by atoms with Crippen molar-refractivity contribution in [3.63, 3.8) is 0 Å². The van der Waals surface area contributed by atoms with E-state index in [1.807, 2.05) is 31.2 Å². The summed E-state index contributed by atoms with van der Waals surface area (Å²) in [5.41, 5.74) is 7.79. The van der Waals surface area contributed by atoms with Crippen molar-refractivity contribution in [3.8, 4) is 0 Å². The standard InChI is InChI=1S/C13H15N3O2S/c1-10-4-2-3-5-11(10)8-16-19(17,18)13-9-15-7-6-12(13)14/h2-7,9,16H,8H2,1H3,(H2,14,15). The lowest BCUT2D eigenvalue weighted by Crippen LogP contribution is -2.24. The molecule has 19 heavy (non-hydrogen) atoms. The van der Waals surface area contributed by atoms with Gasteiger partial charge in [-0.25, -0.2) is 13.1 Å². The van der Waals surface area contributed by atoms with Gasteiger partial charge in [-0.3, -0.25) is 4.98 Å². The van der Waals surface area contributed by atoms with Crippen LogP contribution in [0.2, 0.25) is 0 Å². The summed E-state index contributed by atoms with van der Waals surface area (Å²) in [7, 11) is -3.64. The van der Waals surface area contributed by atoms with Gasteiger partial charge in [0.15, 0.2) is 0 Å². The third-order valence-electron chi connectivity index (χ3n) is 2.82. The zero-order valence-electron chi connectivity index (χ0n) is 10.5. The molecule has 2 rings (SSSR count). The van der Waals surface area contributed by atoms with Crippen LogP contribution in [0, 0.1) is 6.92 Å². The highest BCUT2D eigenvalue weighted by atomic mass is 32.2. The van der Waals surface area contributed by atoms with Crippen LogP contribution in [0.1, 0.15) is 11.1 Å². The van der Waals surface area contributed by atoms with Crippen molar-refractivity contribution in [1.82, 2.24) is 9.71 Å². The molecule has 0 saturated carbocycles. The second-order valence-corrected chi connectivity index (χ2v) is 5.90. The second-order valence-electron chi connectivity index (χ2n) is 4.16. The van der Waals surface area contributed by atoms with Crippen LogP contribution in [0.5, 0.6) is 0 Å². The van der Waals surface area contributed by atoms with Gasteiger partial charge in [-0.1, -0.05) is 24.3 Å². The van der Waals surface area contributed by atoms with Crippen molar-refractivity contribution >= 4 is 15.7 Å². The summed E-state index contributed by atoms with van der Waals surface area (Å²) in [4.78, 5) is 3.79. The zero-order chi connectivity index (χ0) is 13.9. The van der Waals surface area contributed by atoms with Gasteiger partial charge in [-0.15, -0.1) is 0 Å². The maximum atomic E-state index is 12.1. The number of nitrogens with one attached hydrogen (secondary N) is 1. The minimum Gasteiger partial charge on any atom is -0.398 e. The number of benzene rings is 1. The van der Waals surface area contributed by atoms with E-state index in [1.165, 1.54) is 18.5 Å². The van der Waals surface area contributed by atoms with Gasteiger partial charge in [-0.2, -0.15) is 0 Å². The number of nitrogen functional groups attached to an aromatic ring is 1. The van der Waals surface area contributed by atoms with Crippen molar-refractivity contribution in [2.45, 2.75) is 18.4 Å². The number of hydrogen-bond acceptors (Lipinski definition) is 4. The molecule has 1 heterocycles. The first-order chi connectivity index (χ1) is 9.00. The lowest BCUT2D eigenvalue weighted by molar-refractivity contribution is 0.581. The molecule has 0 radical (unpaired) electrons. The Kier molecular flexibility index (Phi) is 3.82. The molecule has 1 aromatic heterocycles. The highest BCUT2D eigenvalue weighted by Crippen LogP contribution is 2.16. The lowest BCUT2D eigenvalue weighted by Gasteiger charge is -2.09. The summed E-state index contributed by atoms with van der Waals surface area (Å²) in [6, 6.07) is 9.05. The Bertz CT molecular complexity index is 684.